The lowest BCUT2D eigenvalue weighted by Crippen LogP contribution is -2.11. The molecular formula is C14H16FN5O3S. The topological polar surface area (TPSA) is 112 Å². The summed E-state index contributed by atoms with van der Waals surface area (Å²) in [5.74, 6) is 0.0673. The van der Waals surface area contributed by atoms with Crippen LogP contribution in [0, 0.1) is 5.82 Å². The second-order valence-corrected chi connectivity index (χ2v) is 7.70. The molecule has 3 aromatic rings. The minimum atomic E-state index is -3.14. The van der Waals surface area contributed by atoms with Crippen molar-refractivity contribution in [1.29, 1.82) is 0 Å². The molecule has 0 atom stereocenters. The van der Waals surface area contributed by atoms with Gasteiger partial charge in [-0.05, 0) is 6.07 Å². The Morgan fingerprint density at radius 1 is 1.33 bits per heavy atom. The average Bonchev–Trinajstić information content (AvgIpc) is 2.99. The highest BCUT2D eigenvalue weighted by atomic mass is 32.2. The van der Waals surface area contributed by atoms with Gasteiger partial charge in [0, 0.05) is 18.2 Å². The highest BCUT2D eigenvalue weighted by molar-refractivity contribution is 7.91. The van der Waals surface area contributed by atoms with Gasteiger partial charge < -0.3 is 10.5 Å². The fourth-order valence-electron chi connectivity index (χ4n) is 2.36. The Kier molecular flexibility index (Phi) is 3.99. The number of halogens is 1. The summed E-state index contributed by atoms with van der Waals surface area (Å²) < 4.78 is 43.5. The van der Waals surface area contributed by atoms with Crippen molar-refractivity contribution in [2.45, 2.75) is 13.3 Å². The van der Waals surface area contributed by atoms with Crippen LogP contribution in [0.4, 0.5) is 10.3 Å². The highest BCUT2D eigenvalue weighted by Gasteiger charge is 2.17. The number of hydrogen-bond acceptors (Lipinski definition) is 7. The molecule has 0 saturated carbocycles. The smallest absolute Gasteiger partial charge is 0.223 e. The number of fused-ring (bicyclic) bond motifs is 3. The van der Waals surface area contributed by atoms with Gasteiger partial charge in [0.15, 0.2) is 11.5 Å². The second kappa shape index (κ2) is 5.86. The molecule has 0 bridgehead atoms. The van der Waals surface area contributed by atoms with Gasteiger partial charge in [-0.2, -0.15) is 4.52 Å². The number of ether oxygens (including phenoxy) is 1. The number of rotatable bonds is 5. The van der Waals surface area contributed by atoms with Crippen LogP contribution in [0.25, 0.3) is 16.6 Å². The van der Waals surface area contributed by atoms with E-state index in [1.807, 2.05) is 0 Å². The van der Waals surface area contributed by atoms with E-state index in [4.69, 9.17) is 10.5 Å². The van der Waals surface area contributed by atoms with Crippen molar-refractivity contribution in [3.8, 4) is 5.75 Å². The van der Waals surface area contributed by atoms with Crippen molar-refractivity contribution in [3.05, 3.63) is 23.8 Å². The third-order valence-corrected chi connectivity index (χ3v) is 5.38. The number of anilines is 1. The first-order valence-corrected chi connectivity index (χ1v) is 9.05. The molecule has 128 valence electrons. The van der Waals surface area contributed by atoms with Crippen LogP contribution in [-0.4, -0.2) is 46.6 Å². The van der Waals surface area contributed by atoms with Gasteiger partial charge in [0.25, 0.3) is 0 Å². The summed E-state index contributed by atoms with van der Waals surface area (Å²) in [6, 6.07) is 2.47. The monoisotopic (exact) mass is 353 g/mol. The Labute approximate surface area is 137 Å². The molecule has 0 saturated heterocycles. The van der Waals surface area contributed by atoms with Crippen molar-refractivity contribution in [2.75, 3.05) is 24.3 Å². The van der Waals surface area contributed by atoms with E-state index in [0.717, 1.165) is 0 Å². The zero-order chi connectivity index (χ0) is 17.5. The lowest BCUT2D eigenvalue weighted by atomic mass is 10.2. The van der Waals surface area contributed by atoms with Gasteiger partial charge in [-0.25, -0.2) is 22.8 Å². The minimum absolute atomic E-state index is 0.0510. The third-order valence-electron chi connectivity index (χ3n) is 3.67. The SMILES string of the molecule is CCS(=O)(=O)CCc1nc2c3cc(F)cc(OC)c3nc(N)n2n1. The van der Waals surface area contributed by atoms with E-state index in [1.165, 1.54) is 23.8 Å². The number of sulfone groups is 1. The predicted octanol–water partition coefficient (Wildman–Crippen LogP) is 0.985. The Morgan fingerprint density at radius 3 is 2.75 bits per heavy atom. The van der Waals surface area contributed by atoms with Gasteiger partial charge in [-0.1, -0.05) is 6.92 Å². The van der Waals surface area contributed by atoms with E-state index in [0.29, 0.717) is 22.4 Å². The maximum Gasteiger partial charge on any atom is 0.223 e. The summed E-state index contributed by atoms with van der Waals surface area (Å²) in [7, 11) is -1.74. The summed E-state index contributed by atoms with van der Waals surface area (Å²) in [6.45, 7) is 1.58. The van der Waals surface area contributed by atoms with Gasteiger partial charge in [0.1, 0.15) is 26.9 Å². The first-order chi connectivity index (χ1) is 11.3. The largest absolute Gasteiger partial charge is 0.494 e. The molecule has 3 rings (SSSR count). The molecule has 0 aliphatic rings. The Balaban J connectivity index is 2.16. The second-order valence-electron chi connectivity index (χ2n) is 5.22. The van der Waals surface area contributed by atoms with Crippen molar-refractivity contribution in [2.24, 2.45) is 0 Å². The molecule has 24 heavy (non-hydrogen) atoms. The fraction of sp³-hybridized carbons (Fsp3) is 0.357. The maximum atomic E-state index is 13.8. The van der Waals surface area contributed by atoms with Gasteiger partial charge in [0.05, 0.1) is 18.2 Å². The lowest BCUT2D eigenvalue weighted by Gasteiger charge is -2.07. The van der Waals surface area contributed by atoms with Crippen molar-refractivity contribution < 1.29 is 17.5 Å². The summed E-state index contributed by atoms with van der Waals surface area (Å²) in [4.78, 5) is 8.48. The van der Waals surface area contributed by atoms with Gasteiger partial charge >= 0.3 is 0 Å². The van der Waals surface area contributed by atoms with Crippen LogP contribution in [0.3, 0.4) is 0 Å². The quantitative estimate of drug-likeness (QED) is 0.727. The van der Waals surface area contributed by atoms with Crippen LogP contribution in [0.1, 0.15) is 12.7 Å². The molecule has 2 aromatic heterocycles. The Morgan fingerprint density at radius 2 is 2.08 bits per heavy atom. The fourth-order valence-corrected chi connectivity index (χ4v) is 3.15. The van der Waals surface area contributed by atoms with Gasteiger partial charge in [-0.3, -0.25) is 0 Å². The molecule has 0 radical (unpaired) electrons. The Bertz CT molecular complexity index is 1030. The Hall–Kier alpha value is -2.49. The van der Waals surface area contributed by atoms with E-state index in [-0.39, 0.29) is 29.6 Å². The molecule has 8 nitrogen and oxygen atoms in total. The van der Waals surface area contributed by atoms with Crippen LogP contribution < -0.4 is 10.5 Å². The molecule has 2 N–H and O–H groups in total. The molecular weight excluding hydrogens is 337 g/mol. The summed E-state index contributed by atoms with van der Waals surface area (Å²) in [6.07, 6.45) is 0.144. The van der Waals surface area contributed by atoms with Crippen molar-refractivity contribution >= 4 is 32.3 Å². The molecule has 1 aromatic carbocycles. The molecule has 0 fully saturated rings. The van der Waals surface area contributed by atoms with Gasteiger partial charge in [0.2, 0.25) is 5.95 Å². The number of methoxy groups -OCH3 is 1. The molecule has 0 aliphatic heterocycles. The number of benzene rings is 1. The molecule has 0 spiro atoms. The summed E-state index contributed by atoms with van der Waals surface area (Å²) in [5.41, 5.74) is 6.56. The molecule has 10 heteroatoms. The average molecular weight is 353 g/mol. The van der Waals surface area contributed by atoms with Crippen molar-refractivity contribution in [3.63, 3.8) is 0 Å². The van der Waals surface area contributed by atoms with Crippen LogP contribution in [-0.2, 0) is 16.3 Å². The van der Waals surface area contributed by atoms with Gasteiger partial charge in [-0.15, -0.1) is 5.10 Å². The van der Waals surface area contributed by atoms with Crippen LogP contribution in [0.2, 0.25) is 0 Å². The lowest BCUT2D eigenvalue weighted by molar-refractivity contribution is 0.415. The van der Waals surface area contributed by atoms with Crippen LogP contribution >= 0.6 is 0 Å². The first-order valence-electron chi connectivity index (χ1n) is 7.23. The normalized spacial score (nSPS) is 12.1. The van der Waals surface area contributed by atoms with Crippen LogP contribution in [0.15, 0.2) is 12.1 Å². The molecule has 2 heterocycles. The van der Waals surface area contributed by atoms with E-state index in [9.17, 15) is 12.8 Å². The number of nitrogen functional groups attached to an aromatic ring is 1. The zero-order valence-electron chi connectivity index (χ0n) is 13.2. The number of nitrogens with two attached hydrogens (primary N) is 1. The molecule has 0 aliphatic carbocycles. The predicted molar refractivity (Wildman–Crippen MR) is 87.2 cm³/mol. The first kappa shape index (κ1) is 16.4. The number of nitrogens with zero attached hydrogens (tertiary/aromatic N) is 4. The van der Waals surface area contributed by atoms with E-state index >= 15 is 0 Å². The summed E-state index contributed by atoms with van der Waals surface area (Å²) in [5, 5.41) is 4.56. The molecule has 0 amide bonds. The number of hydrogen-bond donors (Lipinski definition) is 1. The highest BCUT2D eigenvalue weighted by Crippen LogP contribution is 2.29. The van der Waals surface area contributed by atoms with E-state index in [2.05, 4.69) is 15.1 Å². The van der Waals surface area contributed by atoms with Crippen molar-refractivity contribution in [1.82, 2.24) is 19.6 Å². The third kappa shape index (κ3) is 2.84. The molecule has 0 unspecified atom stereocenters. The zero-order valence-corrected chi connectivity index (χ0v) is 14.0. The maximum absolute atomic E-state index is 13.8. The van der Waals surface area contributed by atoms with E-state index in [1.54, 1.807) is 6.92 Å². The number of aryl methyl sites for hydroxylation is 1. The van der Waals surface area contributed by atoms with Crippen LogP contribution in [0.5, 0.6) is 5.75 Å². The number of aromatic nitrogens is 4. The standard InChI is InChI=1S/C14H16FN5O3S/c1-3-24(21,22)5-4-11-17-13-9-6-8(15)7-10(23-2)12(9)18-14(16)20(13)19-11/h6-7H,3-5H2,1-2H3,(H2,16,18). The van der Waals surface area contributed by atoms with E-state index < -0.39 is 15.7 Å². The minimum Gasteiger partial charge on any atom is -0.494 e. The summed E-state index contributed by atoms with van der Waals surface area (Å²) >= 11 is 0.